The Balaban J connectivity index is 2.29. The zero-order valence-corrected chi connectivity index (χ0v) is 12.8. The van der Waals surface area contributed by atoms with Crippen molar-refractivity contribution in [3.63, 3.8) is 0 Å². The summed E-state index contributed by atoms with van der Waals surface area (Å²) in [5.41, 5.74) is 6.95. The Hall–Kier alpha value is -1.36. The summed E-state index contributed by atoms with van der Waals surface area (Å²) in [6, 6.07) is 0.494. The summed E-state index contributed by atoms with van der Waals surface area (Å²) in [5.74, 6) is 2.26. The molecule has 2 rings (SSSR count). The number of hydrogen-bond acceptors (Lipinski definition) is 5. The van der Waals surface area contributed by atoms with Crippen LogP contribution in [0.1, 0.15) is 38.7 Å². The van der Waals surface area contributed by atoms with Crippen LogP contribution in [0.4, 0.5) is 5.82 Å². The lowest BCUT2D eigenvalue weighted by Crippen LogP contribution is -2.41. The van der Waals surface area contributed by atoms with E-state index in [2.05, 4.69) is 21.8 Å². The first kappa shape index (κ1) is 15.0. The second kappa shape index (κ2) is 6.88. The van der Waals surface area contributed by atoms with Crippen molar-refractivity contribution >= 4 is 5.82 Å². The lowest BCUT2D eigenvalue weighted by molar-refractivity contribution is 0.323. The standard InChI is InChI=1S/C15H26N4O/c1-4-19(13-8-6-7-12(13)9-16)14-11(3)15(20-5-2)18-10-17-14/h10,12-13H,4-9,16H2,1-3H3. The van der Waals surface area contributed by atoms with Crippen LogP contribution in [0.2, 0.25) is 0 Å². The topological polar surface area (TPSA) is 64.3 Å². The maximum atomic E-state index is 5.93. The highest BCUT2D eigenvalue weighted by molar-refractivity contribution is 5.51. The van der Waals surface area contributed by atoms with E-state index in [-0.39, 0.29) is 0 Å². The molecule has 0 aliphatic heterocycles. The van der Waals surface area contributed by atoms with Crippen LogP contribution in [0.3, 0.4) is 0 Å². The summed E-state index contributed by atoms with van der Waals surface area (Å²) in [6.07, 6.45) is 5.27. The van der Waals surface area contributed by atoms with Gasteiger partial charge in [0.25, 0.3) is 0 Å². The molecule has 1 aliphatic carbocycles. The van der Waals surface area contributed by atoms with E-state index in [1.54, 1.807) is 6.33 Å². The number of nitrogens with two attached hydrogens (primary N) is 1. The summed E-state index contributed by atoms with van der Waals surface area (Å²) < 4.78 is 5.59. The molecule has 1 saturated carbocycles. The van der Waals surface area contributed by atoms with Gasteiger partial charge in [-0.25, -0.2) is 9.97 Å². The molecule has 0 bridgehead atoms. The zero-order chi connectivity index (χ0) is 14.5. The Labute approximate surface area is 121 Å². The molecule has 112 valence electrons. The number of aromatic nitrogens is 2. The summed E-state index contributed by atoms with van der Waals surface area (Å²) in [5, 5.41) is 0. The van der Waals surface area contributed by atoms with Gasteiger partial charge in [0, 0.05) is 12.6 Å². The van der Waals surface area contributed by atoms with E-state index in [0.717, 1.165) is 24.5 Å². The number of anilines is 1. The first-order valence-electron chi connectivity index (χ1n) is 7.63. The fraction of sp³-hybridized carbons (Fsp3) is 0.733. The molecule has 1 fully saturated rings. The average molecular weight is 278 g/mol. The van der Waals surface area contributed by atoms with Crippen molar-refractivity contribution in [2.75, 3.05) is 24.6 Å². The first-order valence-corrected chi connectivity index (χ1v) is 7.63. The Morgan fingerprint density at radius 1 is 1.35 bits per heavy atom. The maximum absolute atomic E-state index is 5.93. The molecule has 2 atom stereocenters. The minimum Gasteiger partial charge on any atom is -0.478 e. The molecular weight excluding hydrogens is 252 g/mol. The Kier molecular flexibility index (Phi) is 5.17. The van der Waals surface area contributed by atoms with Gasteiger partial charge in [0.15, 0.2) is 0 Å². The second-order valence-corrected chi connectivity index (χ2v) is 5.34. The summed E-state index contributed by atoms with van der Waals surface area (Å²) in [4.78, 5) is 11.1. The van der Waals surface area contributed by atoms with Gasteiger partial charge in [-0.1, -0.05) is 6.42 Å². The van der Waals surface area contributed by atoms with Gasteiger partial charge >= 0.3 is 0 Å². The van der Waals surface area contributed by atoms with Crippen molar-refractivity contribution in [2.24, 2.45) is 11.7 Å². The van der Waals surface area contributed by atoms with E-state index in [9.17, 15) is 0 Å². The number of rotatable bonds is 6. The van der Waals surface area contributed by atoms with E-state index >= 15 is 0 Å². The van der Waals surface area contributed by atoms with Crippen LogP contribution in [0.25, 0.3) is 0 Å². The van der Waals surface area contributed by atoms with Crippen LogP contribution in [0.5, 0.6) is 5.88 Å². The Morgan fingerprint density at radius 3 is 2.80 bits per heavy atom. The van der Waals surface area contributed by atoms with Gasteiger partial charge in [-0.15, -0.1) is 0 Å². The van der Waals surface area contributed by atoms with E-state index in [1.807, 2.05) is 13.8 Å². The fourth-order valence-electron chi connectivity index (χ4n) is 3.24. The largest absolute Gasteiger partial charge is 0.478 e. The highest BCUT2D eigenvalue weighted by atomic mass is 16.5. The monoisotopic (exact) mass is 278 g/mol. The molecule has 0 amide bonds. The predicted molar refractivity (Wildman–Crippen MR) is 81.1 cm³/mol. The molecular formula is C15H26N4O. The van der Waals surface area contributed by atoms with Gasteiger partial charge in [0.1, 0.15) is 12.1 Å². The molecule has 2 N–H and O–H groups in total. The molecule has 0 saturated heterocycles. The molecule has 1 aromatic heterocycles. The molecule has 0 spiro atoms. The van der Waals surface area contributed by atoms with Crippen molar-refractivity contribution in [1.29, 1.82) is 0 Å². The Morgan fingerprint density at radius 2 is 2.15 bits per heavy atom. The molecule has 2 unspecified atom stereocenters. The molecule has 0 radical (unpaired) electrons. The summed E-state index contributed by atoms with van der Waals surface area (Å²) in [6.45, 7) is 8.50. The zero-order valence-electron chi connectivity index (χ0n) is 12.8. The van der Waals surface area contributed by atoms with Crippen molar-refractivity contribution in [3.05, 3.63) is 11.9 Å². The number of nitrogens with zero attached hydrogens (tertiary/aromatic N) is 3. The maximum Gasteiger partial charge on any atom is 0.221 e. The highest BCUT2D eigenvalue weighted by Gasteiger charge is 2.32. The molecule has 20 heavy (non-hydrogen) atoms. The van der Waals surface area contributed by atoms with Crippen LogP contribution in [0, 0.1) is 12.8 Å². The third kappa shape index (κ3) is 2.87. The molecule has 1 aliphatic rings. The summed E-state index contributed by atoms with van der Waals surface area (Å²) >= 11 is 0. The van der Waals surface area contributed by atoms with Crippen LogP contribution in [-0.4, -0.2) is 35.7 Å². The van der Waals surface area contributed by atoms with Gasteiger partial charge < -0.3 is 15.4 Å². The van der Waals surface area contributed by atoms with Gasteiger partial charge in [0.05, 0.1) is 12.2 Å². The van der Waals surface area contributed by atoms with Gasteiger partial charge in [-0.05, 0) is 46.1 Å². The van der Waals surface area contributed by atoms with Crippen molar-refractivity contribution in [1.82, 2.24) is 9.97 Å². The van der Waals surface area contributed by atoms with Crippen LogP contribution in [0.15, 0.2) is 6.33 Å². The van der Waals surface area contributed by atoms with Gasteiger partial charge in [0.2, 0.25) is 5.88 Å². The van der Waals surface area contributed by atoms with E-state index in [0.29, 0.717) is 24.4 Å². The molecule has 1 heterocycles. The highest BCUT2D eigenvalue weighted by Crippen LogP contribution is 2.34. The van der Waals surface area contributed by atoms with Gasteiger partial charge in [-0.2, -0.15) is 0 Å². The molecule has 5 nitrogen and oxygen atoms in total. The van der Waals surface area contributed by atoms with Crippen LogP contribution in [-0.2, 0) is 0 Å². The molecule has 1 aromatic rings. The SMILES string of the molecule is CCOc1ncnc(N(CC)C2CCCC2CN)c1C. The smallest absolute Gasteiger partial charge is 0.221 e. The third-order valence-electron chi connectivity index (χ3n) is 4.23. The number of hydrogen-bond donors (Lipinski definition) is 1. The minimum absolute atomic E-state index is 0.494. The molecule has 0 aromatic carbocycles. The second-order valence-electron chi connectivity index (χ2n) is 5.34. The first-order chi connectivity index (χ1) is 9.72. The Bertz CT molecular complexity index is 438. The van der Waals surface area contributed by atoms with E-state index in [1.165, 1.54) is 19.3 Å². The summed E-state index contributed by atoms with van der Waals surface area (Å²) in [7, 11) is 0. The lowest BCUT2D eigenvalue weighted by Gasteiger charge is -2.33. The van der Waals surface area contributed by atoms with E-state index < -0.39 is 0 Å². The number of ether oxygens (including phenoxy) is 1. The average Bonchev–Trinajstić information content (AvgIpc) is 2.92. The van der Waals surface area contributed by atoms with Crippen LogP contribution >= 0.6 is 0 Å². The minimum atomic E-state index is 0.494. The van der Waals surface area contributed by atoms with E-state index in [4.69, 9.17) is 10.5 Å². The molecule has 5 heteroatoms. The normalized spacial score (nSPS) is 22.0. The van der Waals surface area contributed by atoms with Crippen molar-refractivity contribution in [3.8, 4) is 5.88 Å². The fourth-order valence-corrected chi connectivity index (χ4v) is 3.24. The van der Waals surface area contributed by atoms with Crippen LogP contribution < -0.4 is 15.4 Å². The van der Waals surface area contributed by atoms with Gasteiger partial charge in [-0.3, -0.25) is 0 Å². The predicted octanol–water partition coefficient (Wildman–Crippen LogP) is 2.14. The van der Waals surface area contributed by atoms with Crippen molar-refractivity contribution < 1.29 is 4.74 Å². The quantitative estimate of drug-likeness (QED) is 0.863. The van der Waals surface area contributed by atoms with Crippen molar-refractivity contribution in [2.45, 2.75) is 46.1 Å². The lowest BCUT2D eigenvalue weighted by atomic mass is 10.0. The third-order valence-corrected chi connectivity index (χ3v) is 4.23.